The van der Waals surface area contributed by atoms with Crippen molar-refractivity contribution in [3.63, 3.8) is 0 Å². The van der Waals surface area contributed by atoms with Gasteiger partial charge in [-0.3, -0.25) is 0 Å². The molecule has 1 aromatic heterocycles. The van der Waals surface area contributed by atoms with Crippen LogP contribution >= 0.6 is 0 Å². The second-order valence-corrected chi connectivity index (χ2v) is 4.92. The highest BCUT2D eigenvalue weighted by molar-refractivity contribution is 5.49. The molecule has 1 heterocycles. The normalized spacial score (nSPS) is 11.8. The SMILES string of the molecule is CCN(CCCN(C)C)c1cc(NC)nc(C(F)(F)F)n1. The largest absolute Gasteiger partial charge is 0.451 e. The third-order valence-electron chi connectivity index (χ3n) is 2.96. The Labute approximate surface area is 123 Å². The molecule has 0 aliphatic heterocycles. The molecule has 0 radical (unpaired) electrons. The van der Waals surface area contributed by atoms with Crippen LogP contribution in [-0.4, -0.2) is 55.6 Å². The van der Waals surface area contributed by atoms with Crippen LogP contribution in [0.5, 0.6) is 0 Å². The summed E-state index contributed by atoms with van der Waals surface area (Å²) in [7, 11) is 5.46. The second-order valence-electron chi connectivity index (χ2n) is 4.92. The number of nitrogens with zero attached hydrogens (tertiary/aromatic N) is 4. The molecular weight excluding hydrogens is 283 g/mol. The predicted octanol–water partition coefficient (Wildman–Crippen LogP) is 2.32. The zero-order valence-corrected chi connectivity index (χ0v) is 12.8. The predicted molar refractivity (Wildman–Crippen MR) is 77.6 cm³/mol. The standard InChI is InChI=1S/C13H22F3N5/c1-5-21(8-6-7-20(3)4)11-9-10(17-2)18-12(19-11)13(14,15)16/h9H,5-8H2,1-4H3,(H,17,18,19). The van der Waals surface area contributed by atoms with E-state index >= 15 is 0 Å². The Hall–Kier alpha value is -1.57. The molecule has 1 aromatic rings. The summed E-state index contributed by atoms with van der Waals surface area (Å²) in [5.74, 6) is -0.656. The van der Waals surface area contributed by atoms with E-state index in [9.17, 15) is 13.2 Å². The van der Waals surface area contributed by atoms with Gasteiger partial charge in [-0.05, 0) is 34.0 Å². The lowest BCUT2D eigenvalue weighted by molar-refractivity contribution is -0.144. The highest BCUT2D eigenvalue weighted by Gasteiger charge is 2.35. The van der Waals surface area contributed by atoms with Crippen LogP contribution in [0.25, 0.3) is 0 Å². The summed E-state index contributed by atoms with van der Waals surface area (Å²) in [6.45, 7) is 3.99. The fraction of sp³-hybridized carbons (Fsp3) is 0.692. The molecule has 0 bridgehead atoms. The van der Waals surface area contributed by atoms with Crippen molar-refractivity contribution in [2.45, 2.75) is 19.5 Å². The van der Waals surface area contributed by atoms with Crippen LogP contribution in [0.2, 0.25) is 0 Å². The van der Waals surface area contributed by atoms with Crippen molar-refractivity contribution in [1.82, 2.24) is 14.9 Å². The van der Waals surface area contributed by atoms with E-state index in [1.807, 2.05) is 30.8 Å². The summed E-state index contributed by atoms with van der Waals surface area (Å²) in [6, 6.07) is 1.54. The van der Waals surface area contributed by atoms with Crippen LogP contribution in [0.4, 0.5) is 24.8 Å². The monoisotopic (exact) mass is 305 g/mol. The fourth-order valence-electron chi connectivity index (χ4n) is 1.86. The van der Waals surface area contributed by atoms with Crippen molar-refractivity contribution in [2.75, 3.05) is 51.0 Å². The number of anilines is 2. The Morgan fingerprint density at radius 3 is 2.33 bits per heavy atom. The van der Waals surface area contributed by atoms with E-state index in [-0.39, 0.29) is 5.82 Å². The molecule has 0 saturated carbocycles. The number of nitrogens with one attached hydrogen (secondary N) is 1. The maximum atomic E-state index is 12.8. The lowest BCUT2D eigenvalue weighted by Crippen LogP contribution is -2.29. The molecule has 0 amide bonds. The third kappa shape index (κ3) is 5.37. The van der Waals surface area contributed by atoms with Crippen molar-refractivity contribution in [2.24, 2.45) is 0 Å². The first-order valence-electron chi connectivity index (χ1n) is 6.81. The van der Waals surface area contributed by atoms with Crippen LogP contribution in [0.15, 0.2) is 6.07 Å². The highest BCUT2D eigenvalue weighted by Crippen LogP contribution is 2.29. The van der Waals surface area contributed by atoms with E-state index in [0.29, 0.717) is 18.9 Å². The first-order chi connectivity index (χ1) is 9.77. The van der Waals surface area contributed by atoms with Crippen molar-refractivity contribution < 1.29 is 13.2 Å². The number of rotatable bonds is 7. The minimum atomic E-state index is -4.55. The first-order valence-corrected chi connectivity index (χ1v) is 6.81. The summed E-state index contributed by atoms with van der Waals surface area (Å²) >= 11 is 0. The molecule has 0 aliphatic rings. The number of hydrogen-bond donors (Lipinski definition) is 1. The van der Waals surface area contributed by atoms with E-state index in [4.69, 9.17) is 0 Å². The van der Waals surface area contributed by atoms with Crippen LogP contribution in [0.3, 0.4) is 0 Å². The molecule has 21 heavy (non-hydrogen) atoms. The minimum Gasteiger partial charge on any atom is -0.373 e. The molecule has 0 aromatic carbocycles. The molecule has 0 aliphatic carbocycles. The van der Waals surface area contributed by atoms with Gasteiger partial charge in [0.1, 0.15) is 11.6 Å². The second kappa shape index (κ2) is 7.44. The summed E-state index contributed by atoms with van der Waals surface area (Å²) in [4.78, 5) is 11.0. The lowest BCUT2D eigenvalue weighted by Gasteiger charge is -2.24. The maximum absolute atomic E-state index is 12.8. The van der Waals surface area contributed by atoms with Gasteiger partial charge in [-0.15, -0.1) is 0 Å². The Morgan fingerprint density at radius 2 is 1.86 bits per heavy atom. The minimum absolute atomic E-state index is 0.165. The zero-order chi connectivity index (χ0) is 16.0. The van der Waals surface area contributed by atoms with Gasteiger partial charge in [-0.2, -0.15) is 13.2 Å². The number of alkyl halides is 3. The van der Waals surface area contributed by atoms with Gasteiger partial charge in [0, 0.05) is 26.2 Å². The van der Waals surface area contributed by atoms with Crippen molar-refractivity contribution >= 4 is 11.6 Å². The summed E-state index contributed by atoms with van der Waals surface area (Å²) in [5, 5.41) is 2.65. The topological polar surface area (TPSA) is 44.3 Å². The van der Waals surface area contributed by atoms with E-state index in [1.165, 1.54) is 13.1 Å². The Bertz CT molecular complexity index is 448. The van der Waals surface area contributed by atoms with E-state index < -0.39 is 12.0 Å². The van der Waals surface area contributed by atoms with Gasteiger partial charge in [0.15, 0.2) is 0 Å². The first kappa shape index (κ1) is 17.5. The molecule has 5 nitrogen and oxygen atoms in total. The van der Waals surface area contributed by atoms with Crippen LogP contribution in [0, 0.1) is 0 Å². The van der Waals surface area contributed by atoms with E-state index in [2.05, 4.69) is 15.3 Å². The lowest BCUT2D eigenvalue weighted by atomic mass is 10.3. The van der Waals surface area contributed by atoms with Gasteiger partial charge in [0.2, 0.25) is 5.82 Å². The fourth-order valence-corrected chi connectivity index (χ4v) is 1.86. The van der Waals surface area contributed by atoms with Gasteiger partial charge in [-0.25, -0.2) is 9.97 Å². The van der Waals surface area contributed by atoms with Gasteiger partial charge >= 0.3 is 6.18 Å². The van der Waals surface area contributed by atoms with Gasteiger partial charge in [0.05, 0.1) is 0 Å². The molecule has 1 N–H and O–H groups in total. The van der Waals surface area contributed by atoms with E-state index in [1.54, 1.807) is 0 Å². The number of aromatic nitrogens is 2. The van der Waals surface area contributed by atoms with Crippen LogP contribution in [-0.2, 0) is 6.18 Å². The molecule has 0 atom stereocenters. The van der Waals surface area contributed by atoms with Gasteiger partial charge in [-0.1, -0.05) is 0 Å². The van der Waals surface area contributed by atoms with Crippen molar-refractivity contribution in [3.05, 3.63) is 11.9 Å². The van der Waals surface area contributed by atoms with Gasteiger partial charge in [0.25, 0.3) is 0 Å². The summed E-state index contributed by atoms with van der Waals surface area (Å²) in [6.07, 6.45) is -3.70. The molecular formula is C13H22F3N5. The molecule has 0 saturated heterocycles. The average Bonchev–Trinajstić information content (AvgIpc) is 2.41. The summed E-state index contributed by atoms with van der Waals surface area (Å²) < 4.78 is 38.5. The zero-order valence-electron chi connectivity index (χ0n) is 12.8. The average molecular weight is 305 g/mol. The van der Waals surface area contributed by atoms with Crippen LogP contribution in [0.1, 0.15) is 19.2 Å². The quantitative estimate of drug-likeness (QED) is 0.837. The van der Waals surface area contributed by atoms with Crippen LogP contribution < -0.4 is 10.2 Å². The smallest absolute Gasteiger partial charge is 0.373 e. The molecule has 120 valence electrons. The van der Waals surface area contributed by atoms with Crippen molar-refractivity contribution in [1.29, 1.82) is 0 Å². The molecule has 0 unspecified atom stereocenters. The third-order valence-corrected chi connectivity index (χ3v) is 2.96. The van der Waals surface area contributed by atoms with Crippen molar-refractivity contribution in [3.8, 4) is 0 Å². The molecule has 0 spiro atoms. The van der Waals surface area contributed by atoms with E-state index in [0.717, 1.165) is 13.0 Å². The molecule has 8 heteroatoms. The number of halogens is 3. The van der Waals surface area contributed by atoms with Gasteiger partial charge < -0.3 is 15.1 Å². The maximum Gasteiger partial charge on any atom is 0.451 e. The molecule has 0 fully saturated rings. The number of hydrogen-bond acceptors (Lipinski definition) is 5. The summed E-state index contributed by atoms with van der Waals surface area (Å²) in [5.41, 5.74) is 0. The molecule has 1 rings (SSSR count). The Balaban J connectivity index is 2.97. The Morgan fingerprint density at radius 1 is 1.19 bits per heavy atom. The Kier molecular flexibility index (Phi) is 6.19. The highest BCUT2D eigenvalue weighted by atomic mass is 19.4.